The minimum Gasteiger partial charge on any atom is -0.480 e. The van der Waals surface area contributed by atoms with Gasteiger partial charge in [0.15, 0.2) is 0 Å². The normalized spacial score (nSPS) is 11.8. The molecule has 1 atom stereocenters. The maximum absolute atomic E-state index is 14.3. The third-order valence-electron chi connectivity index (χ3n) is 6.52. The second-order valence-corrected chi connectivity index (χ2v) is 9.74. The minimum atomic E-state index is -1.39. The fourth-order valence-electron chi connectivity index (χ4n) is 4.27. The van der Waals surface area contributed by atoms with Crippen LogP contribution in [0.25, 0.3) is 16.6 Å². The maximum Gasteiger partial charge on any atom is 0.335 e. The SMILES string of the molecule is Cc1ccc(F)c(C(=O)N[C@@H](Cc2ccc(-n3c(=O)c4cc(N(C)C)ccc4n(C)c3=O)cc2)C(=O)O)c1Cl. The van der Waals surface area contributed by atoms with Gasteiger partial charge in [0.1, 0.15) is 11.9 Å². The average molecular weight is 553 g/mol. The van der Waals surface area contributed by atoms with Crippen LogP contribution in [0.3, 0.4) is 0 Å². The summed E-state index contributed by atoms with van der Waals surface area (Å²) in [4.78, 5) is 52.8. The summed E-state index contributed by atoms with van der Waals surface area (Å²) in [6, 6.07) is 12.5. The quantitative estimate of drug-likeness (QED) is 0.364. The smallest absolute Gasteiger partial charge is 0.335 e. The Balaban J connectivity index is 1.64. The number of aromatic nitrogens is 2. The van der Waals surface area contributed by atoms with E-state index in [-0.39, 0.29) is 11.4 Å². The maximum atomic E-state index is 14.3. The highest BCUT2D eigenvalue weighted by molar-refractivity contribution is 6.34. The van der Waals surface area contributed by atoms with E-state index in [1.54, 1.807) is 38.2 Å². The van der Waals surface area contributed by atoms with Gasteiger partial charge in [0.05, 0.1) is 27.2 Å². The van der Waals surface area contributed by atoms with Crippen LogP contribution in [0, 0.1) is 12.7 Å². The number of carbonyl (C=O) groups excluding carboxylic acids is 1. The number of hydrogen-bond acceptors (Lipinski definition) is 5. The first-order chi connectivity index (χ1) is 18.4. The topological polar surface area (TPSA) is 114 Å². The Bertz CT molecular complexity index is 1730. The van der Waals surface area contributed by atoms with Crippen LogP contribution in [0.5, 0.6) is 0 Å². The minimum absolute atomic E-state index is 0.0962. The highest BCUT2D eigenvalue weighted by Gasteiger charge is 2.25. The van der Waals surface area contributed by atoms with Gasteiger partial charge in [-0.15, -0.1) is 0 Å². The van der Waals surface area contributed by atoms with E-state index in [1.165, 1.54) is 22.8 Å². The molecule has 11 heteroatoms. The molecule has 1 heterocycles. The Hall–Kier alpha value is -4.44. The number of amides is 1. The van der Waals surface area contributed by atoms with Crippen molar-refractivity contribution >= 4 is 40.1 Å². The summed E-state index contributed by atoms with van der Waals surface area (Å²) in [6.45, 7) is 1.60. The van der Waals surface area contributed by atoms with E-state index < -0.39 is 40.5 Å². The van der Waals surface area contributed by atoms with Gasteiger partial charge in [0, 0.05) is 33.3 Å². The molecule has 0 bridgehead atoms. The number of aryl methyl sites for hydroxylation is 2. The molecule has 0 fully saturated rings. The van der Waals surface area contributed by atoms with Gasteiger partial charge in [0.25, 0.3) is 11.5 Å². The van der Waals surface area contributed by atoms with E-state index in [9.17, 15) is 28.7 Å². The van der Waals surface area contributed by atoms with Crippen molar-refractivity contribution in [2.45, 2.75) is 19.4 Å². The number of hydrogen-bond donors (Lipinski definition) is 2. The zero-order chi connectivity index (χ0) is 28.6. The lowest BCUT2D eigenvalue weighted by Crippen LogP contribution is -2.42. The van der Waals surface area contributed by atoms with E-state index >= 15 is 0 Å². The molecule has 202 valence electrons. The molecule has 0 spiro atoms. The molecule has 1 aromatic heterocycles. The lowest BCUT2D eigenvalue weighted by atomic mass is 10.0. The number of halogens is 2. The fraction of sp³-hybridized carbons (Fsp3) is 0.214. The van der Waals surface area contributed by atoms with E-state index in [2.05, 4.69) is 5.32 Å². The van der Waals surface area contributed by atoms with E-state index in [0.717, 1.165) is 16.3 Å². The van der Waals surface area contributed by atoms with Crippen LogP contribution < -0.4 is 21.5 Å². The monoisotopic (exact) mass is 552 g/mol. The van der Waals surface area contributed by atoms with Crippen molar-refractivity contribution in [2.75, 3.05) is 19.0 Å². The lowest BCUT2D eigenvalue weighted by molar-refractivity contribution is -0.139. The van der Waals surface area contributed by atoms with Gasteiger partial charge in [-0.1, -0.05) is 29.8 Å². The van der Waals surface area contributed by atoms with Crippen molar-refractivity contribution in [2.24, 2.45) is 7.05 Å². The first-order valence-corrected chi connectivity index (χ1v) is 12.3. The molecule has 0 radical (unpaired) electrons. The number of nitrogens with one attached hydrogen (secondary N) is 1. The molecule has 0 aliphatic carbocycles. The summed E-state index contributed by atoms with van der Waals surface area (Å²) >= 11 is 6.08. The first-order valence-electron chi connectivity index (χ1n) is 11.9. The molecule has 0 saturated heterocycles. The van der Waals surface area contributed by atoms with Gasteiger partial charge < -0.3 is 15.3 Å². The van der Waals surface area contributed by atoms with Crippen LogP contribution in [0.1, 0.15) is 21.5 Å². The summed E-state index contributed by atoms with van der Waals surface area (Å²) < 4.78 is 16.7. The van der Waals surface area contributed by atoms with Crippen LogP contribution in [0.4, 0.5) is 10.1 Å². The number of benzene rings is 3. The molecular weight excluding hydrogens is 527 g/mol. The van der Waals surface area contributed by atoms with E-state index in [0.29, 0.717) is 27.7 Å². The summed E-state index contributed by atoms with van der Waals surface area (Å²) in [5, 5.41) is 12.3. The van der Waals surface area contributed by atoms with Crippen molar-refractivity contribution in [1.82, 2.24) is 14.5 Å². The first kappa shape index (κ1) is 27.6. The zero-order valence-electron chi connectivity index (χ0n) is 21.7. The van der Waals surface area contributed by atoms with Crippen molar-refractivity contribution in [3.8, 4) is 5.69 Å². The summed E-state index contributed by atoms with van der Waals surface area (Å²) in [7, 11) is 5.27. The van der Waals surface area contributed by atoms with Gasteiger partial charge in [-0.3, -0.25) is 14.2 Å². The van der Waals surface area contributed by atoms with Gasteiger partial charge >= 0.3 is 11.7 Å². The number of fused-ring (bicyclic) bond motifs is 1. The molecule has 2 N–H and O–H groups in total. The highest BCUT2D eigenvalue weighted by atomic mass is 35.5. The number of carboxylic acid groups (broad SMARTS) is 1. The van der Waals surface area contributed by atoms with Crippen LogP contribution in [0.2, 0.25) is 5.02 Å². The Labute approximate surface area is 227 Å². The number of anilines is 1. The standard InChI is InChI=1S/C28H26ClFN4O5/c1-15-5-11-20(30)23(24(15)29)25(35)31-21(27(37)38)13-16-6-8-17(9-7-16)34-26(36)19-14-18(32(2)3)10-12-22(19)33(4)28(34)39/h5-12,14,21H,13H2,1-4H3,(H,31,35)(H,37,38)/t21-/m0/s1. The van der Waals surface area contributed by atoms with E-state index in [1.807, 2.05) is 25.1 Å². The number of rotatable bonds is 7. The molecule has 0 unspecified atom stereocenters. The van der Waals surface area contributed by atoms with Crippen molar-refractivity contribution in [1.29, 1.82) is 0 Å². The van der Waals surface area contributed by atoms with Crippen molar-refractivity contribution in [3.05, 3.63) is 103 Å². The van der Waals surface area contributed by atoms with Crippen molar-refractivity contribution in [3.63, 3.8) is 0 Å². The second-order valence-electron chi connectivity index (χ2n) is 9.37. The Morgan fingerprint density at radius 3 is 2.36 bits per heavy atom. The molecule has 9 nitrogen and oxygen atoms in total. The average Bonchev–Trinajstić information content (AvgIpc) is 2.90. The third-order valence-corrected chi connectivity index (χ3v) is 7.01. The second kappa shape index (κ2) is 10.7. The third kappa shape index (κ3) is 5.28. The summed E-state index contributed by atoms with van der Waals surface area (Å²) in [5.74, 6) is -3.14. The largest absolute Gasteiger partial charge is 0.480 e. The molecule has 0 aliphatic heterocycles. The van der Waals surface area contributed by atoms with Gasteiger partial charge in [-0.2, -0.15) is 0 Å². The highest BCUT2D eigenvalue weighted by Crippen LogP contribution is 2.24. The number of nitrogens with zero attached hydrogens (tertiary/aromatic N) is 3. The molecule has 1 amide bonds. The molecule has 4 rings (SSSR count). The molecule has 4 aromatic rings. The number of aliphatic carboxylic acids is 1. The Kier molecular flexibility index (Phi) is 7.60. The van der Waals surface area contributed by atoms with Gasteiger partial charge in [-0.25, -0.2) is 18.5 Å². The summed E-state index contributed by atoms with van der Waals surface area (Å²) in [5.41, 5.74) is 1.11. The van der Waals surface area contributed by atoms with Crippen LogP contribution in [-0.2, 0) is 18.3 Å². The van der Waals surface area contributed by atoms with Gasteiger partial charge in [-0.05, 0) is 54.4 Å². The molecule has 0 saturated carbocycles. The number of carbonyl (C=O) groups is 2. The fourth-order valence-corrected chi connectivity index (χ4v) is 4.51. The van der Waals surface area contributed by atoms with Crippen LogP contribution >= 0.6 is 11.6 Å². The van der Waals surface area contributed by atoms with Crippen molar-refractivity contribution < 1.29 is 19.1 Å². The Morgan fingerprint density at radius 2 is 1.74 bits per heavy atom. The molecular formula is C28H26ClFN4O5. The zero-order valence-corrected chi connectivity index (χ0v) is 22.4. The summed E-state index contributed by atoms with van der Waals surface area (Å²) in [6.07, 6.45) is -0.136. The predicted molar refractivity (Wildman–Crippen MR) is 148 cm³/mol. The molecule has 39 heavy (non-hydrogen) atoms. The number of carboxylic acids is 1. The predicted octanol–water partition coefficient (Wildman–Crippen LogP) is 3.28. The molecule has 3 aromatic carbocycles. The van der Waals surface area contributed by atoms with Crippen LogP contribution in [0.15, 0.2) is 64.2 Å². The van der Waals surface area contributed by atoms with E-state index in [4.69, 9.17) is 11.6 Å². The van der Waals surface area contributed by atoms with Crippen LogP contribution in [-0.4, -0.2) is 46.3 Å². The Morgan fingerprint density at radius 1 is 1.08 bits per heavy atom. The van der Waals surface area contributed by atoms with Gasteiger partial charge in [0.2, 0.25) is 0 Å². The lowest BCUT2D eigenvalue weighted by Gasteiger charge is -2.17. The molecule has 0 aliphatic rings.